The third-order valence-electron chi connectivity index (χ3n) is 4.31. The molecule has 0 spiro atoms. The molecule has 2 amide bonds. The molecule has 132 valence electrons. The van der Waals surface area contributed by atoms with E-state index in [2.05, 4.69) is 5.32 Å². The first-order valence-corrected chi connectivity index (χ1v) is 8.55. The molecule has 23 heavy (non-hydrogen) atoms. The van der Waals surface area contributed by atoms with Crippen LogP contribution < -0.4 is 5.32 Å². The first-order chi connectivity index (χ1) is 10.7. The van der Waals surface area contributed by atoms with E-state index in [9.17, 15) is 9.59 Å². The average Bonchev–Trinajstić information content (AvgIpc) is 3.26. The summed E-state index contributed by atoms with van der Waals surface area (Å²) in [6.45, 7) is 9.64. The monoisotopic (exact) mass is 326 g/mol. The number of carbonyl (C=O) groups is 2. The van der Waals surface area contributed by atoms with Gasteiger partial charge in [0.2, 0.25) is 5.91 Å². The quantitative estimate of drug-likeness (QED) is 0.842. The van der Waals surface area contributed by atoms with Crippen LogP contribution in [0.3, 0.4) is 0 Å². The zero-order valence-corrected chi connectivity index (χ0v) is 14.8. The lowest BCUT2D eigenvalue weighted by Crippen LogP contribution is -2.48. The highest BCUT2D eigenvalue weighted by atomic mass is 16.6. The summed E-state index contributed by atoms with van der Waals surface area (Å²) in [6.07, 6.45) is 3.59. The van der Waals surface area contributed by atoms with Crippen molar-refractivity contribution in [3.05, 3.63) is 0 Å². The van der Waals surface area contributed by atoms with Gasteiger partial charge in [-0.1, -0.05) is 0 Å². The van der Waals surface area contributed by atoms with Gasteiger partial charge in [0.25, 0.3) is 0 Å². The maximum Gasteiger partial charge on any atom is 0.410 e. The van der Waals surface area contributed by atoms with Crippen molar-refractivity contribution < 1.29 is 19.1 Å². The van der Waals surface area contributed by atoms with Gasteiger partial charge in [-0.15, -0.1) is 0 Å². The molecule has 1 saturated carbocycles. The zero-order valence-electron chi connectivity index (χ0n) is 14.8. The molecule has 0 aromatic rings. The van der Waals surface area contributed by atoms with Crippen LogP contribution in [0.4, 0.5) is 4.79 Å². The molecule has 0 unspecified atom stereocenters. The van der Waals surface area contributed by atoms with Crippen molar-refractivity contribution >= 4 is 12.0 Å². The minimum Gasteiger partial charge on any atom is -0.444 e. The lowest BCUT2D eigenvalue weighted by Gasteiger charge is -2.39. The minimum absolute atomic E-state index is 0.0484. The zero-order chi connectivity index (χ0) is 17.1. The highest BCUT2D eigenvalue weighted by molar-refractivity contribution is 5.77. The molecule has 0 bridgehead atoms. The van der Waals surface area contributed by atoms with Crippen LogP contribution in [0, 0.1) is 5.92 Å². The smallest absolute Gasteiger partial charge is 0.410 e. The van der Waals surface area contributed by atoms with E-state index >= 15 is 0 Å². The number of hydrogen-bond donors (Lipinski definition) is 1. The molecule has 2 fully saturated rings. The van der Waals surface area contributed by atoms with Gasteiger partial charge >= 0.3 is 6.09 Å². The number of rotatable bonds is 5. The summed E-state index contributed by atoms with van der Waals surface area (Å²) in [4.78, 5) is 25.5. The summed E-state index contributed by atoms with van der Waals surface area (Å²) >= 11 is 0. The van der Waals surface area contributed by atoms with Crippen LogP contribution in [-0.2, 0) is 14.3 Å². The van der Waals surface area contributed by atoms with Crippen LogP contribution in [0.2, 0.25) is 0 Å². The molecule has 1 aliphatic carbocycles. The van der Waals surface area contributed by atoms with Crippen LogP contribution in [-0.4, -0.2) is 54.3 Å². The third kappa shape index (κ3) is 6.37. The van der Waals surface area contributed by atoms with Crippen molar-refractivity contribution in [2.75, 3.05) is 26.2 Å². The Bertz CT molecular complexity index is 432. The number of piperidine rings is 1. The Kier molecular flexibility index (Phi) is 5.55. The fourth-order valence-corrected chi connectivity index (χ4v) is 2.50. The largest absolute Gasteiger partial charge is 0.444 e. The summed E-state index contributed by atoms with van der Waals surface area (Å²) in [5, 5.41) is 2.91. The minimum atomic E-state index is -0.478. The van der Waals surface area contributed by atoms with E-state index in [1.165, 1.54) is 12.8 Å². The van der Waals surface area contributed by atoms with Crippen molar-refractivity contribution in [3.63, 3.8) is 0 Å². The Morgan fingerprint density at radius 2 is 1.83 bits per heavy atom. The van der Waals surface area contributed by atoms with Gasteiger partial charge in [0, 0.05) is 19.6 Å². The summed E-state index contributed by atoms with van der Waals surface area (Å²) in [5.74, 6) is 0.624. The lowest BCUT2D eigenvalue weighted by atomic mass is 9.93. The molecule has 2 aliphatic rings. The summed E-state index contributed by atoms with van der Waals surface area (Å²) in [7, 11) is 0. The van der Waals surface area contributed by atoms with Gasteiger partial charge in [0.1, 0.15) is 12.2 Å². The molecule has 0 aromatic heterocycles. The SMILES string of the molecule is CC(C)(C)OC(=O)N1CCC(C)(OCC(=O)NCC2CC2)CC1. The van der Waals surface area contributed by atoms with Crippen LogP contribution >= 0.6 is 0 Å². The van der Waals surface area contributed by atoms with E-state index in [1.807, 2.05) is 27.7 Å². The normalized spacial score (nSPS) is 21.0. The Labute approximate surface area is 138 Å². The maximum absolute atomic E-state index is 12.0. The first kappa shape index (κ1) is 18.0. The molecular formula is C17H30N2O4. The number of hydrogen-bond acceptors (Lipinski definition) is 4. The van der Waals surface area contributed by atoms with Crippen LogP contribution in [0.5, 0.6) is 0 Å². The second-order valence-electron chi connectivity index (χ2n) is 7.95. The molecule has 0 radical (unpaired) electrons. The number of carbonyl (C=O) groups excluding carboxylic acids is 2. The predicted molar refractivity (Wildman–Crippen MR) is 87.1 cm³/mol. The number of nitrogens with one attached hydrogen (secondary N) is 1. The first-order valence-electron chi connectivity index (χ1n) is 8.55. The van der Waals surface area contributed by atoms with Crippen molar-refractivity contribution in [1.82, 2.24) is 10.2 Å². The van der Waals surface area contributed by atoms with E-state index < -0.39 is 5.60 Å². The van der Waals surface area contributed by atoms with E-state index in [4.69, 9.17) is 9.47 Å². The molecule has 1 heterocycles. The molecule has 0 atom stereocenters. The molecule has 0 aromatic carbocycles. The Hall–Kier alpha value is -1.30. The summed E-state index contributed by atoms with van der Waals surface area (Å²) < 4.78 is 11.2. The number of amides is 2. The van der Waals surface area contributed by atoms with Crippen molar-refractivity contribution in [2.24, 2.45) is 5.92 Å². The highest BCUT2D eigenvalue weighted by Crippen LogP contribution is 2.28. The van der Waals surface area contributed by atoms with Gasteiger partial charge in [0.15, 0.2) is 0 Å². The number of likely N-dealkylation sites (tertiary alicyclic amines) is 1. The molecular weight excluding hydrogens is 296 g/mol. The van der Waals surface area contributed by atoms with Gasteiger partial charge in [-0.3, -0.25) is 4.79 Å². The lowest BCUT2D eigenvalue weighted by molar-refractivity contribution is -0.135. The number of ether oxygens (including phenoxy) is 2. The molecule has 1 N–H and O–H groups in total. The van der Waals surface area contributed by atoms with E-state index in [0.717, 1.165) is 6.54 Å². The molecule has 1 saturated heterocycles. The fourth-order valence-electron chi connectivity index (χ4n) is 2.50. The highest BCUT2D eigenvalue weighted by Gasteiger charge is 2.34. The average molecular weight is 326 g/mol. The molecule has 1 aliphatic heterocycles. The summed E-state index contributed by atoms with van der Waals surface area (Å²) in [6, 6.07) is 0. The van der Waals surface area contributed by atoms with Gasteiger partial charge in [0.05, 0.1) is 5.60 Å². The predicted octanol–water partition coefficient (Wildman–Crippen LogP) is 2.32. The third-order valence-corrected chi connectivity index (χ3v) is 4.31. The van der Waals surface area contributed by atoms with Crippen molar-refractivity contribution in [2.45, 2.75) is 64.6 Å². The maximum atomic E-state index is 12.0. The van der Waals surface area contributed by atoms with Crippen LogP contribution in [0.15, 0.2) is 0 Å². The number of nitrogens with zero attached hydrogens (tertiary/aromatic N) is 1. The second-order valence-corrected chi connectivity index (χ2v) is 7.95. The van der Waals surface area contributed by atoms with Crippen LogP contribution in [0.1, 0.15) is 53.4 Å². The summed E-state index contributed by atoms with van der Waals surface area (Å²) in [5.41, 5.74) is -0.830. The molecule has 2 rings (SSSR count). The van der Waals surface area contributed by atoms with Crippen molar-refractivity contribution in [1.29, 1.82) is 0 Å². The topological polar surface area (TPSA) is 67.9 Å². The van der Waals surface area contributed by atoms with Crippen LogP contribution in [0.25, 0.3) is 0 Å². The van der Waals surface area contributed by atoms with Gasteiger partial charge in [-0.2, -0.15) is 0 Å². The van der Waals surface area contributed by atoms with Crippen molar-refractivity contribution in [3.8, 4) is 0 Å². The Morgan fingerprint density at radius 1 is 1.22 bits per heavy atom. The van der Waals surface area contributed by atoms with Gasteiger partial charge in [-0.25, -0.2) is 4.79 Å². The Balaban J connectivity index is 1.69. The van der Waals surface area contributed by atoms with E-state index in [-0.39, 0.29) is 24.2 Å². The molecule has 6 nitrogen and oxygen atoms in total. The Morgan fingerprint density at radius 3 is 2.35 bits per heavy atom. The van der Waals surface area contributed by atoms with Gasteiger partial charge in [-0.05, 0) is 59.3 Å². The van der Waals surface area contributed by atoms with E-state index in [1.54, 1.807) is 4.90 Å². The molecule has 6 heteroatoms. The van der Waals surface area contributed by atoms with E-state index in [0.29, 0.717) is 31.8 Å². The fraction of sp³-hybridized carbons (Fsp3) is 0.882. The second kappa shape index (κ2) is 7.07. The standard InChI is InChI=1S/C17H30N2O4/c1-16(2,3)23-15(21)19-9-7-17(4,8-10-19)22-12-14(20)18-11-13-5-6-13/h13H,5-12H2,1-4H3,(H,18,20). The van der Waals surface area contributed by atoms with Gasteiger partial charge < -0.3 is 19.7 Å².